The van der Waals surface area contributed by atoms with Crippen molar-refractivity contribution in [3.8, 4) is 0 Å². The maximum absolute atomic E-state index is 8.25. The van der Waals surface area contributed by atoms with Crippen molar-refractivity contribution in [1.29, 1.82) is 0 Å². The molecule has 39 heavy (non-hydrogen) atoms. The van der Waals surface area contributed by atoms with Gasteiger partial charge < -0.3 is 85.4 Å². The van der Waals surface area contributed by atoms with Gasteiger partial charge >= 0.3 is 17.1 Å². The van der Waals surface area contributed by atoms with Gasteiger partial charge in [-0.15, -0.1) is 0 Å². The molecule has 8 rings (SSSR count). The van der Waals surface area contributed by atoms with Crippen molar-refractivity contribution in [3.63, 3.8) is 0 Å². The van der Waals surface area contributed by atoms with Crippen LogP contribution in [0, 0.1) is 30.6 Å². The van der Waals surface area contributed by atoms with E-state index in [2.05, 4.69) is 39.2 Å². The Morgan fingerprint density at radius 1 is 0.333 bits per heavy atom. The predicted octanol–water partition coefficient (Wildman–Crippen LogP) is -11.4. The molecule has 0 aromatic rings. The van der Waals surface area contributed by atoms with Gasteiger partial charge in [-0.1, -0.05) is 0 Å². The zero-order valence-electron chi connectivity index (χ0n) is 21.2. The van der Waals surface area contributed by atoms with Crippen LogP contribution in [0.15, 0.2) is 0 Å². The molecule has 8 bridgehead atoms. The Balaban J connectivity index is -0.0000000428. The number of hydrogen-bond donors (Lipinski definition) is 0. The third-order valence-electron chi connectivity index (χ3n) is 4.80. The zero-order valence-corrected chi connectivity index (χ0v) is 22.4. The zero-order chi connectivity index (χ0) is 20.3. The van der Waals surface area contributed by atoms with E-state index in [1.165, 1.54) is 80.0 Å². The van der Waals surface area contributed by atoms with Crippen LogP contribution in [-0.4, -0.2) is 151 Å². The van der Waals surface area contributed by atoms with Crippen LogP contribution in [0.1, 0.15) is 0 Å². The summed E-state index contributed by atoms with van der Waals surface area (Å²) in [6.07, 6.45) is 0. The first kappa shape index (κ1) is 61.3. The molecule has 0 aliphatic carbocycles. The Bertz CT molecular complexity index is 421. The van der Waals surface area contributed by atoms with Crippen molar-refractivity contribution in [1.82, 2.24) is 39.2 Å². The molecule has 8 saturated heterocycles. The summed E-state index contributed by atoms with van der Waals surface area (Å²) in [5, 5.41) is 29.5. The van der Waals surface area contributed by atoms with Crippen LogP contribution in [0.4, 0.5) is 0 Å². The second kappa shape index (κ2) is 27.8. The fourth-order valence-electron chi connectivity index (χ4n) is 4.47. The Morgan fingerprint density at radius 3 is 0.436 bits per heavy atom. The standard InChI is InChI=1S/2C6H12N4.Mn.2NO3.10H2O/c2*1-7-2-9-4-8(1)5-10(3-7)6-9;;2*2-1(3)4;;;;;;;;;;/h2*1-6H2;;;;10*1H2/q;;+2;2*-1;;;;;;;;;;/p+6. The van der Waals surface area contributed by atoms with Gasteiger partial charge in [-0.25, -0.2) is 0 Å². The van der Waals surface area contributed by atoms with Gasteiger partial charge in [-0.3, -0.25) is 39.2 Å². The molecule has 245 valence electrons. The molecule has 8 aliphatic rings. The molecule has 1 radical (unpaired) electrons. The average molecular weight is 646 g/mol. The molecule has 8 fully saturated rings. The minimum absolute atomic E-state index is 0. The molecule has 0 unspecified atom stereocenters. The van der Waals surface area contributed by atoms with Crippen LogP contribution < -0.4 is 0 Å². The molecule has 0 atom stereocenters. The monoisotopic (exact) mass is 645 g/mol. The normalized spacial score (nSPS) is 30.8. The molecule has 26 nitrogen and oxygen atoms in total. The van der Waals surface area contributed by atoms with E-state index >= 15 is 0 Å². The van der Waals surface area contributed by atoms with E-state index in [1.807, 2.05) is 0 Å². The van der Waals surface area contributed by atoms with Crippen LogP contribution >= 0.6 is 0 Å². The first-order valence-corrected chi connectivity index (χ1v) is 8.68. The first-order valence-electron chi connectivity index (χ1n) is 8.68. The second-order valence-electron chi connectivity index (χ2n) is 7.51. The minimum Gasteiger partial charge on any atom is -0.457 e. The largest absolute Gasteiger partial charge is 2.00 e. The third kappa shape index (κ3) is 19.8. The van der Waals surface area contributed by atoms with Gasteiger partial charge in [0.15, 0.2) is 0 Å². The second-order valence-corrected chi connectivity index (χ2v) is 7.51. The molecular weight excluding hydrogens is 595 g/mol. The topological polar surface area (TPSA) is 482 Å². The van der Waals surface area contributed by atoms with E-state index in [1.54, 1.807) is 0 Å². The van der Waals surface area contributed by atoms with Gasteiger partial charge in [0.05, 0.1) is 90.2 Å². The van der Waals surface area contributed by atoms with Crippen molar-refractivity contribution >= 4 is 0 Å². The molecule has 27 heteroatoms. The molecule has 0 amide bonds. The molecule has 8 aliphatic heterocycles. The molecule has 8 heterocycles. The first-order chi connectivity index (χ1) is 13.3. The van der Waals surface area contributed by atoms with E-state index < -0.39 is 10.2 Å². The Labute approximate surface area is 232 Å². The Kier molecular flexibility index (Phi) is 43.6. The SMILES string of the molecule is C1N2CN3CN1CN(C2)C3.C1N2CN3CN1CN(C2)C3.O.O.O.O.O=[N+]([O-])[O-].O=[N+]([O-])[O-].[Mn+2].[OH3+].[OH3+].[OH3+].[OH3+].[OH3+].[OH3+]. The van der Waals surface area contributed by atoms with Gasteiger partial charge in [0, 0.05) is 0 Å². The van der Waals surface area contributed by atoms with Crippen LogP contribution in [0.2, 0.25) is 0 Å². The summed E-state index contributed by atoms with van der Waals surface area (Å²) in [6.45, 7) is 14.2. The van der Waals surface area contributed by atoms with Crippen molar-refractivity contribution in [2.24, 2.45) is 0 Å². The Hall–Kier alpha value is -1.80. The Morgan fingerprint density at radius 2 is 0.385 bits per heavy atom. The number of hydrogen-bond acceptors (Lipinski definition) is 14. The quantitative estimate of drug-likeness (QED) is 0.102. The maximum atomic E-state index is 8.25. The fourth-order valence-corrected chi connectivity index (χ4v) is 4.47. The van der Waals surface area contributed by atoms with Crippen LogP contribution in [0.3, 0.4) is 0 Å². The van der Waals surface area contributed by atoms with Gasteiger partial charge in [-0.2, -0.15) is 0 Å². The summed E-state index contributed by atoms with van der Waals surface area (Å²) in [5.41, 5.74) is 0. The smallest absolute Gasteiger partial charge is 0.457 e. The van der Waals surface area contributed by atoms with Crippen LogP contribution in [-0.2, 0) is 49.9 Å². The van der Waals surface area contributed by atoms with Gasteiger partial charge in [0.1, 0.15) is 0 Å². The predicted molar refractivity (Wildman–Crippen MR) is 138 cm³/mol. The molecule has 0 aromatic carbocycles. The van der Waals surface area contributed by atoms with Crippen molar-refractivity contribution in [2.75, 3.05) is 80.0 Å². The molecular formula is C12H50MnN10O16+6. The summed E-state index contributed by atoms with van der Waals surface area (Å²) >= 11 is 0. The molecule has 0 spiro atoms. The van der Waals surface area contributed by atoms with E-state index in [0.717, 1.165) is 0 Å². The minimum atomic E-state index is -1.75. The summed E-state index contributed by atoms with van der Waals surface area (Å²) in [4.78, 5) is 36.2. The van der Waals surface area contributed by atoms with Gasteiger partial charge in [0.25, 0.3) is 0 Å². The van der Waals surface area contributed by atoms with E-state index in [0.29, 0.717) is 0 Å². The molecule has 0 saturated carbocycles. The molecule has 0 aromatic heterocycles. The van der Waals surface area contributed by atoms with Crippen molar-refractivity contribution in [2.45, 2.75) is 0 Å². The third-order valence-corrected chi connectivity index (χ3v) is 4.80. The van der Waals surface area contributed by atoms with E-state index in [9.17, 15) is 0 Å². The van der Waals surface area contributed by atoms with Gasteiger partial charge in [0.2, 0.25) is 0 Å². The van der Waals surface area contributed by atoms with Gasteiger partial charge in [-0.05, 0) is 0 Å². The maximum Gasteiger partial charge on any atom is 2.00 e. The van der Waals surface area contributed by atoms with Crippen molar-refractivity contribution < 1.29 is 82.0 Å². The van der Waals surface area contributed by atoms with Crippen LogP contribution in [0.25, 0.3) is 0 Å². The summed E-state index contributed by atoms with van der Waals surface area (Å²) in [5.74, 6) is 0. The summed E-state index contributed by atoms with van der Waals surface area (Å²) in [6, 6.07) is 0. The summed E-state index contributed by atoms with van der Waals surface area (Å²) < 4.78 is 0. The van der Waals surface area contributed by atoms with E-state index in [-0.39, 0.29) is 71.8 Å². The average Bonchev–Trinajstić information content (AvgIpc) is 2.51. The number of nitrogens with zero attached hydrogens (tertiary/aromatic N) is 10. The fraction of sp³-hybridized carbons (Fsp3) is 1.00. The van der Waals surface area contributed by atoms with Crippen LogP contribution in [0.5, 0.6) is 0 Å². The number of rotatable bonds is 0. The summed E-state index contributed by atoms with van der Waals surface area (Å²) in [7, 11) is 0. The van der Waals surface area contributed by atoms with Crippen molar-refractivity contribution in [3.05, 3.63) is 30.6 Å². The molecule has 26 N–H and O–H groups in total. The van der Waals surface area contributed by atoms with E-state index in [4.69, 9.17) is 30.6 Å².